The monoisotopic (exact) mass is 509 g/mol. The quantitative estimate of drug-likeness (QED) is 0.213. The summed E-state index contributed by atoms with van der Waals surface area (Å²) in [5.41, 5.74) is -0.538. The molecule has 0 saturated carbocycles. The van der Waals surface area contributed by atoms with E-state index in [2.05, 4.69) is 20.9 Å². The molecule has 0 fully saturated rings. The van der Waals surface area contributed by atoms with Crippen LogP contribution in [0.25, 0.3) is 0 Å². The van der Waals surface area contributed by atoms with Crippen molar-refractivity contribution >= 4 is 41.9 Å². The molecule has 0 radical (unpaired) electrons. The third-order valence-electron chi connectivity index (χ3n) is 3.20. The van der Waals surface area contributed by atoms with Gasteiger partial charge in [-0.2, -0.15) is 0 Å². The maximum Gasteiger partial charge on any atom is 0.407 e. The van der Waals surface area contributed by atoms with Gasteiger partial charge in [0.05, 0.1) is 6.26 Å². The SMILES string of the molecule is CN(C)C(=O)CN=C(NCCNC(=O)OC(C)(C)C)NCCc1ccco1.I. The first-order valence-corrected chi connectivity index (χ1v) is 8.89. The highest BCUT2D eigenvalue weighted by Gasteiger charge is 2.15. The second-order valence-electron chi connectivity index (χ2n) is 7.06. The van der Waals surface area contributed by atoms with Gasteiger partial charge in [0, 0.05) is 40.2 Å². The zero-order valence-corrected chi connectivity index (χ0v) is 19.5. The Labute approximate surface area is 183 Å². The molecule has 0 spiro atoms. The highest BCUT2D eigenvalue weighted by atomic mass is 127. The average molecular weight is 509 g/mol. The predicted molar refractivity (Wildman–Crippen MR) is 119 cm³/mol. The van der Waals surface area contributed by atoms with Crippen molar-refractivity contribution in [2.45, 2.75) is 32.8 Å². The lowest BCUT2D eigenvalue weighted by molar-refractivity contribution is -0.127. The van der Waals surface area contributed by atoms with Crippen LogP contribution in [0.4, 0.5) is 4.79 Å². The lowest BCUT2D eigenvalue weighted by atomic mass is 10.2. The zero-order chi connectivity index (χ0) is 20.3. The molecular formula is C18H32IN5O4. The van der Waals surface area contributed by atoms with E-state index < -0.39 is 11.7 Å². The van der Waals surface area contributed by atoms with Crippen LogP contribution in [0.5, 0.6) is 0 Å². The summed E-state index contributed by atoms with van der Waals surface area (Å²) in [5, 5.41) is 8.88. The van der Waals surface area contributed by atoms with E-state index in [1.807, 2.05) is 12.1 Å². The van der Waals surface area contributed by atoms with Crippen molar-refractivity contribution in [2.75, 3.05) is 40.3 Å². The molecule has 0 saturated heterocycles. The molecule has 28 heavy (non-hydrogen) atoms. The van der Waals surface area contributed by atoms with E-state index in [1.165, 1.54) is 4.90 Å². The summed E-state index contributed by atoms with van der Waals surface area (Å²) < 4.78 is 10.5. The van der Waals surface area contributed by atoms with Gasteiger partial charge in [0.25, 0.3) is 0 Å². The molecule has 0 bridgehead atoms. The third kappa shape index (κ3) is 12.4. The van der Waals surface area contributed by atoms with Crippen molar-refractivity contribution in [3.05, 3.63) is 24.2 Å². The van der Waals surface area contributed by atoms with Crippen LogP contribution in [0.1, 0.15) is 26.5 Å². The molecule has 160 valence electrons. The Kier molecular flexibility index (Phi) is 12.3. The van der Waals surface area contributed by atoms with Crippen molar-refractivity contribution in [3.63, 3.8) is 0 Å². The van der Waals surface area contributed by atoms with Gasteiger partial charge in [-0.3, -0.25) is 4.79 Å². The number of carbonyl (C=O) groups excluding carboxylic acids is 2. The Bertz CT molecular complexity index is 612. The number of amides is 2. The number of hydrogen-bond acceptors (Lipinski definition) is 5. The molecule has 1 rings (SSSR count). The van der Waals surface area contributed by atoms with E-state index in [0.29, 0.717) is 32.0 Å². The number of carbonyl (C=O) groups is 2. The van der Waals surface area contributed by atoms with Crippen molar-refractivity contribution in [1.29, 1.82) is 0 Å². The third-order valence-corrected chi connectivity index (χ3v) is 3.20. The number of nitrogens with one attached hydrogen (secondary N) is 3. The van der Waals surface area contributed by atoms with Crippen LogP contribution in [0.2, 0.25) is 0 Å². The summed E-state index contributed by atoms with van der Waals surface area (Å²) in [6, 6.07) is 3.73. The number of likely N-dealkylation sites (N-methyl/N-ethyl adjacent to an activating group) is 1. The molecule has 2 amide bonds. The number of furan rings is 1. The van der Waals surface area contributed by atoms with Gasteiger partial charge < -0.3 is 30.0 Å². The van der Waals surface area contributed by atoms with Gasteiger partial charge >= 0.3 is 6.09 Å². The average Bonchev–Trinajstić information content (AvgIpc) is 3.07. The van der Waals surface area contributed by atoms with Crippen LogP contribution < -0.4 is 16.0 Å². The Balaban J connectivity index is 0.00000729. The molecule has 10 heteroatoms. The van der Waals surface area contributed by atoms with Gasteiger partial charge in [-0.05, 0) is 32.9 Å². The number of aliphatic imine (C=N–C) groups is 1. The molecule has 1 aromatic heterocycles. The van der Waals surface area contributed by atoms with Crippen LogP contribution in [0.15, 0.2) is 27.8 Å². The minimum absolute atomic E-state index is 0. The van der Waals surface area contributed by atoms with Crippen LogP contribution >= 0.6 is 24.0 Å². The molecule has 3 N–H and O–H groups in total. The van der Waals surface area contributed by atoms with Gasteiger partial charge in [-0.25, -0.2) is 9.79 Å². The minimum atomic E-state index is -0.538. The number of alkyl carbamates (subject to hydrolysis) is 1. The Hall–Kier alpha value is -1.98. The standard InChI is InChI=1S/C18H31N5O4.HI/c1-18(2,3)27-17(25)21-11-10-20-16(22-13-15(24)23(4)5)19-9-8-14-7-6-12-26-14;/h6-7,12H,8-11,13H2,1-5H3,(H,21,25)(H2,19,20,22);1H. The molecule has 0 aliphatic rings. The van der Waals surface area contributed by atoms with E-state index in [-0.39, 0.29) is 36.4 Å². The molecule has 0 aliphatic heterocycles. The van der Waals surface area contributed by atoms with Gasteiger partial charge in [0.1, 0.15) is 17.9 Å². The van der Waals surface area contributed by atoms with Crippen LogP contribution in [-0.4, -0.2) is 68.7 Å². The summed E-state index contributed by atoms with van der Waals surface area (Å²) in [6.45, 7) is 6.83. The van der Waals surface area contributed by atoms with E-state index >= 15 is 0 Å². The number of ether oxygens (including phenoxy) is 1. The predicted octanol–water partition coefficient (Wildman–Crippen LogP) is 1.59. The lowest BCUT2D eigenvalue weighted by Crippen LogP contribution is -2.43. The van der Waals surface area contributed by atoms with Gasteiger partial charge in [0.2, 0.25) is 5.91 Å². The summed E-state index contributed by atoms with van der Waals surface area (Å²) >= 11 is 0. The van der Waals surface area contributed by atoms with Crippen molar-refractivity contribution in [3.8, 4) is 0 Å². The van der Waals surface area contributed by atoms with Crippen LogP contribution in [-0.2, 0) is 16.0 Å². The van der Waals surface area contributed by atoms with Gasteiger partial charge in [-0.1, -0.05) is 0 Å². The van der Waals surface area contributed by atoms with Gasteiger partial charge in [-0.15, -0.1) is 24.0 Å². The first-order chi connectivity index (χ1) is 12.7. The first kappa shape index (κ1) is 26.0. The maximum absolute atomic E-state index is 11.7. The summed E-state index contributed by atoms with van der Waals surface area (Å²) in [7, 11) is 3.36. The highest BCUT2D eigenvalue weighted by Crippen LogP contribution is 2.06. The smallest absolute Gasteiger partial charge is 0.407 e. The van der Waals surface area contributed by atoms with E-state index in [9.17, 15) is 9.59 Å². The number of rotatable bonds is 8. The fourth-order valence-corrected chi connectivity index (χ4v) is 1.88. The topological polar surface area (TPSA) is 108 Å². The Morgan fingerprint density at radius 3 is 2.36 bits per heavy atom. The molecule has 0 aliphatic carbocycles. The van der Waals surface area contributed by atoms with Crippen molar-refractivity contribution in [2.24, 2.45) is 4.99 Å². The summed E-state index contributed by atoms with van der Waals surface area (Å²) in [5.74, 6) is 1.24. The van der Waals surface area contributed by atoms with E-state index in [4.69, 9.17) is 9.15 Å². The zero-order valence-electron chi connectivity index (χ0n) is 17.2. The molecule has 0 unspecified atom stereocenters. The fourth-order valence-electron chi connectivity index (χ4n) is 1.88. The Morgan fingerprint density at radius 1 is 1.14 bits per heavy atom. The van der Waals surface area contributed by atoms with Crippen LogP contribution in [0.3, 0.4) is 0 Å². The van der Waals surface area contributed by atoms with E-state index in [0.717, 1.165) is 5.76 Å². The minimum Gasteiger partial charge on any atom is -0.469 e. The molecule has 0 atom stereocenters. The Morgan fingerprint density at radius 2 is 1.79 bits per heavy atom. The highest BCUT2D eigenvalue weighted by molar-refractivity contribution is 14.0. The molecule has 9 nitrogen and oxygen atoms in total. The normalized spacial score (nSPS) is 11.2. The number of nitrogens with zero attached hydrogens (tertiary/aromatic N) is 2. The largest absolute Gasteiger partial charge is 0.469 e. The number of halogens is 1. The van der Waals surface area contributed by atoms with E-state index in [1.54, 1.807) is 41.1 Å². The molecule has 0 aromatic carbocycles. The second-order valence-corrected chi connectivity index (χ2v) is 7.06. The summed E-state index contributed by atoms with van der Waals surface area (Å²) in [6.07, 6.45) is 1.84. The van der Waals surface area contributed by atoms with Crippen LogP contribution in [0, 0.1) is 0 Å². The number of hydrogen-bond donors (Lipinski definition) is 3. The molecule has 1 aromatic rings. The second kappa shape index (κ2) is 13.2. The van der Waals surface area contributed by atoms with Crippen molar-refractivity contribution < 1.29 is 18.7 Å². The molecular weight excluding hydrogens is 477 g/mol. The maximum atomic E-state index is 11.7. The van der Waals surface area contributed by atoms with Crippen molar-refractivity contribution in [1.82, 2.24) is 20.9 Å². The summed E-state index contributed by atoms with van der Waals surface area (Å²) in [4.78, 5) is 29.1. The first-order valence-electron chi connectivity index (χ1n) is 8.89. The van der Waals surface area contributed by atoms with Gasteiger partial charge in [0.15, 0.2) is 5.96 Å². The fraction of sp³-hybridized carbons (Fsp3) is 0.611. The lowest BCUT2D eigenvalue weighted by Gasteiger charge is -2.20. The molecule has 1 heterocycles. The number of guanidine groups is 1.